The second kappa shape index (κ2) is 32.8. The zero-order valence-electron chi connectivity index (χ0n) is 29.0. The molecular formula is C38H74O4. The number of ether oxygens (including phenoxy) is 2. The molecule has 0 aromatic carbocycles. The zero-order valence-corrected chi connectivity index (χ0v) is 29.0. The Hall–Kier alpha value is -1.06. The van der Waals surface area contributed by atoms with Crippen molar-refractivity contribution in [3.8, 4) is 0 Å². The van der Waals surface area contributed by atoms with Crippen molar-refractivity contribution in [1.82, 2.24) is 0 Å². The number of rotatable bonds is 33. The fourth-order valence-electron chi connectivity index (χ4n) is 6.58. The van der Waals surface area contributed by atoms with Crippen molar-refractivity contribution < 1.29 is 19.1 Å². The predicted octanol–water partition coefficient (Wildman–Crippen LogP) is 12.3. The lowest BCUT2D eigenvalue weighted by Gasteiger charge is -2.28. The normalized spacial score (nSPS) is 12.8. The molecule has 0 amide bonds. The van der Waals surface area contributed by atoms with Crippen molar-refractivity contribution in [1.29, 1.82) is 0 Å². The molecule has 0 fully saturated rings. The summed E-state index contributed by atoms with van der Waals surface area (Å²) in [5.41, 5.74) is 0. The largest absolute Gasteiger partial charge is 0.469 e. The fraction of sp³-hybridized carbons (Fsp3) is 0.947. The van der Waals surface area contributed by atoms with Gasteiger partial charge in [-0.2, -0.15) is 0 Å². The van der Waals surface area contributed by atoms with Gasteiger partial charge in [-0.05, 0) is 24.7 Å². The van der Waals surface area contributed by atoms with Crippen molar-refractivity contribution in [2.45, 2.75) is 206 Å². The van der Waals surface area contributed by atoms with E-state index in [1.165, 1.54) is 168 Å². The first-order valence-electron chi connectivity index (χ1n) is 18.7. The molecule has 0 heterocycles. The van der Waals surface area contributed by atoms with Crippen LogP contribution in [-0.4, -0.2) is 26.2 Å². The van der Waals surface area contributed by atoms with Gasteiger partial charge in [0.25, 0.3) is 0 Å². The molecule has 250 valence electrons. The second-order valence-corrected chi connectivity index (χ2v) is 13.1. The van der Waals surface area contributed by atoms with Gasteiger partial charge in [0.05, 0.1) is 14.2 Å². The van der Waals surface area contributed by atoms with E-state index >= 15 is 0 Å². The summed E-state index contributed by atoms with van der Waals surface area (Å²) in [6.07, 6.45) is 38.4. The summed E-state index contributed by atoms with van der Waals surface area (Å²) in [7, 11) is 2.98. The third kappa shape index (κ3) is 27.8. The number of carbonyl (C=O) groups excluding carboxylic acids is 2. The highest BCUT2D eigenvalue weighted by Gasteiger charge is 2.20. The van der Waals surface area contributed by atoms with E-state index in [4.69, 9.17) is 9.47 Å². The highest BCUT2D eigenvalue weighted by atomic mass is 16.5. The Morgan fingerprint density at radius 3 is 0.881 bits per heavy atom. The first kappa shape index (κ1) is 40.9. The van der Waals surface area contributed by atoms with E-state index in [-0.39, 0.29) is 11.9 Å². The predicted molar refractivity (Wildman–Crippen MR) is 181 cm³/mol. The lowest BCUT2D eigenvalue weighted by Crippen LogP contribution is -2.16. The molecular weight excluding hydrogens is 520 g/mol. The molecule has 4 nitrogen and oxygen atoms in total. The lowest BCUT2D eigenvalue weighted by molar-refractivity contribution is -0.141. The summed E-state index contributed by atoms with van der Waals surface area (Å²) in [6.45, 7) is 4.61. The first-order valence-corrected chi connectivity index (χ1v) is 18.7. The van der Waals surface area contributed by atoms with E-state index in [1.807, 2.05) is 0 Å². The highest BCUT2D eigenvalue weighted by molar-refractivity contribution is 5.69. The maximum atomic E-state index is 11.4. The Labute approximate surface area is 263 Å². The van der Waals surface area contributed by atoms with E-state index in [0.717, 1.165) is 37.5 Å². The van der Waals surface area contributed by atoms with E-state index < -0.39 is 0 Å². The Morgan fingerprint density at radius 2 is 0.619 bits per heavy atom. The molecule has 0 spiro atoms. The van der Waals surface area contributed by atoms with Crippen LogP contribution in [0.5, 0.6) is 0 Å². The van der Waals surface area contributed by atoms with Crippen molar-refractivity contribution in [2.75, 3.05) is 14.2 Å². The van der Waals surface area contributed by atoms with Crippen LogP contribution in [0.25, 0.3) is 0 Å². The summed E-state index contributed by atoms with van der Waals surface area (Å²) in [5.74, 6) is 1.63. The Morgan fingerprint density at radius 1 is 0.381 bits per heavy atom. The van der Waals surface area contributed by atoms with Crippen molar-refractivity contribution in [2.24, 2.45) is 11.8 Å². The van der Waals surface area contributed by atoms with Gasteiger partial charge in [0, 0.05) is 12.8 Å². The maximum absolute atomic E-state index is 11.4. The highest BCUT2D eigenvalue weighted by Crippen LogP contribution is 2.33. The van der Waals surface area contributed by atoms with E-state index in [1.54, 1.807) is 0 Å². The van der Waals surface area contributed by atoms with Gasteiger partial charge < -0.3 is 9.47 Å². The molecule has 0 saturated carbocycles. The Bertz CT molecular complexity index is 525. The number of hydrogen-bond donors (Lipinski definition) is 0. The van der Waals surface area contributed by atoms with E-state index in [2.05, 4.69) is 13.8 Å². The second-order valence-electron chi connectivity index (χ2n) is 13.1. The SMILES string of the molecule is CCCCCCCCCC(CCCCCCCC(=O)OC)C(CCCCCCCCC)CCCCCCCC(=O)OC. The topological polar surface area (TPSA) is 52.6 Å². The summed E-state index contributed by atoms with van der Waals surface area (Å²) in [6, 6.07) is 0. The molecule has 42 heavy (non-hydrogen) atoms. The molecule has 0 saturated heterocycles. The molecule has 0 aliphatic heterocycles. The number of carbonyl (C=O) groups is 2. The quantitative estimate of drug-likeness (QED) is 0.0560. The first-order chi connectivity index (χ1) is 20.6. The van der Waals surface area contributed by atoms with Gasteiger partial charge in [-0.15, -0.1) is 0 Å². The molecule has 0 aliphatic carbocycles. The van der Waals surface area contributed by atoms with Gasteiger partial charge in [0.2, 0.25) is 0 Å². The van der Waals surface area contributed by atoms with Crippen LogP contribution in [0.15, 0.2) is 0 Å². The molecule has 0 radical (unpaired) electrons. The summed E-state index contributed by atoms with van der Waals surface area (Å²) in [5, 5.41) is 0. The third-order valence-electron chi connectivity index (χ3n) is 9.39. The molecule has 0 aromatic rings. The number of unbranched alkanes of at least 4 members (excludes halogenated alkanes) is 20. The monoisotopic (exact) mass is 595 g/mol. The molecule has 4 heteroatoms. The number of methoxy groups -OCH3 is 2. The molecule has 0 aliphatic rings. The third-order valence-corrected chi connectivity index (χ3v) is 9.39. The lowest BCUT2D eigenvalue weighted by atomic mass is 9.78. The fourth-order valence-corrected chi connectivity index (χ4v) is 6.58. The van der Waals surface area contributed by atoms with Gasteiger partial charge in [-0.1, -0.05) is 181 Å². The standard InChI is InChI=1S/C38H74O4/c1-5-7-9-11-13-17-23-29-35(31-25-19-15-21-27-33-37(39)41-3)36(30-24-18-14-12-10-8-6-2)32-26-20-16-22-28-34-38(40)42-4/h35-36H,5-34H2,1-4H3. The Kier molecular flexibility index (Phi) is 32.0. The summed E-state index contributed by atoms with van der Waals surface area (Å²) >= 11 is 0. The van der Waals surface area contributed by atoms with Gasteiger partial charge in [0.15, 0.2) is 0 Å². The van der Waals surface area contributed by atoms with Crippen LogP contribution >= 0.6 is 0 Å². The maximum Gasteiger partial charge on any atom is 0.305 e. The Balaban J connectivity index is 4.82. The van der Waals surface area contributed by atoms with Crippen LogP contribution in [-0.2, 0) is 19.1 Å². The average molecular weight is 595 g/mol. The molecule has 0 bridgehead atoms. The van der Waals surface area contributed by atoms with E-state index in [0.29, 0.717) is 12.8 Å². The molecule has 0 N–H and O–H groups in total. The minimum absolute atomic E-state index is 0.0681. The van der Waals surface area contributed by atoms with Crippen LogP contribution < -0.4 is 0 Å². The van der Waals surface area contributed by atoms with Crippen molar-refractivity contribution >= 4 is 11.9 Å². The van der Waals surface area contributed by atoms with Crippen LogP contribution in [0.2, 0.25) is 0 Å². The zero-order chi connectivity index (χ0) is 30.9. The van der Waals surface area contributed by atoms with E-state index in [9.17, 15) is 9.59 Å². The van der Waals surface area contributed by atoms with Crippen LogP contribution in [0.4, 0.5) is 0 Å². The number of esters is 2. The summed E-state index contributed by atoms with van der Waals surface area (Å²) < 4.78 is 9.58. The van der Waals surface area contributed by atoms with Crippen LogP contribution in [0.3, 0.4) is 0 Å². The molecule has 2 atom stereocenters. The molecule has 0 aromatic heterocycles. The average Bonchev–Trinajstić information content (AvgIpc) is 3.00. The minimum atomic E-state index is -0.0681. The van der Waals surface area contributed by atoms with Crippen LogP contribution in [0.1, 0.15) is 206 Å². The van der Waals surface area contributed by atoms with Gasteiger partial charge in [-0.3, -0.25) is 9.59 Å². The van der Waals surface area contributed by atoms with Gasteiger partial charge in [0.1, 0.15) is 0 Å². The summed E-state index contributed by atoms with van der Waals surface area (Å²) in [4.78, 5) is 22.8. The van der Waals surface area contributed by atoms with Crippen molar-refractivity contribution in [3.05, 3.63) is 0 Å². The molecule has 0 rings (SSSR count). The smallest absolute Gasteiger partial charge is 0.305 e. The minimum Gasteiger partial charge on any atom is -0.469 e. The van der Waals surface area contributed by atoms with Gasteiger partial charge >= 0.3 is 11.9 Å². The van der Waals surface area contributed by atoms with Crippen molar-refractivity contribution in [3.63, 3.8) is 0 Å². The van der Waals surface area contributed by atoms with Gasteiger partial charge in [-0.25, -0.2) is 0 Å². The van der Waals surface area contributed by atoms with Crippen LogP contribution in [0, 0.1) is 11.8 Å². The number of hydrogen-bond acceptors (Lipinski definition) is 4. The molecule has 2 unspecified atom stereocenters.